The van der Waals surface area contributed by atoms with Gasteiger partial charge in [-0.2, -0.15) is 0 Å². The van der Waals surface area contributed by atoms with E-state index in [0.29, 0.717) is 18.7 Å². The van der Waals surface area contributed by atoms with Gasteiger partial charge in [0, 0.05) is 45.6 Å². The van der Waals surface area contributed by atoms with Crippen LogP contribution in [-0.2, 0) is 16.2 Å². The number of carbonyl (C=O) groups is 1. The van der Waals surface area contributed by atoms with Crippen molar-refractivity contribution in [1.29, 1.82) is 0 Å². The van der Waals surface area contributed by atoms with Crippen molar-refractivity contribution in [2.45, 2.75) is 51.7 Å². The van der Waals surface area contributed by atoms with Crippen LogP contribution < -0.4 is 5.32 Å². The molecule has 1 unspecified atom stereocenters. The van der Waals surface area contributed by atoms with Gasteiger partial charge in [-0.15, -0.1) is 0 Å². The molecule has 0 aromatic heterocycles. The summed E-state index contributed by atoms with van der Waals surface area (Å²) in [4.78, 5) is 23.1. The molecule has 1 aromatic carbocycles. The van der Waals surface area contributed by atoms with E-state index in [2.05, 4.69) is 52.3 Å². The summed E-state index contributed by atoms with van der Waals surface area (Å²) in [5, 5.41) is 7.17. The van der Waals surface area contributed by atoms with Gasteiger partial charge in [0.05, 0.1) is 0 Å². The van der Waals surface area contributed by atoms with Gasteiger partial charge in [-0.1, -0.05) is 34.5 Å². The summed E-state index contributed by atoms with van der Waals surface area (Å²) in [5.41, 5.74) is 4.18. The Labute approximate surface area is 167 Å². The maximum absolute atomic E-state index is 12.5. The maximum Gasteiger partial charge on any atom is 0.269 e. The SMILES string of the molecule is Cc1cc(C)cc(CN2CCC3(CC(C(=O)NCCN4CCCC4)=NO3)C2)c1. The van der Waals surface area contributed by atoms with Crippen LogP contribution >= 0.6 is 0 Å². The highest BCUT2D eigenvalue weighted by atomic mass is 16.7. The number of hydrogen-bond donors (Lipinski definition) is 1. The third-order valence-corrected chi connectivity index (χ3v) is 6.10. The molecule has 1 N–H and O–H groups in total. The number of carbonyl (C=O) groups excluding carboxylic acids is 1. The zero-order valence-corrected chi connectivity index (χ0v) is 17.2. The Balaban J connectivity index is 1.25. The largest absolute Gasteiger partial charge is 0.387 e. The Kier molecular flexibility index (Phi) is 5.69. The minimum Gasteiger partial charge on any atom is -0.387 e. The Morgan fingerprint density at radius 1 is 1.14 bits per heavy atom. The Morgan fingerprint density at radius 3 is 2.64 bits per heavy atom. The first-order valence-corrected chi connectivity index (χ1v) is 10.6. The lowest BCUT2D eigenvalue weighted by molar-refractivity contribution is -0.114. The van der Waals surface area contributed by atoms with Crippen LogP contribution in [0.15, 0.2) is 23.4 Å². The van der Waals surface area contributed by atoms with Crippen molar-refractivity contribution >= 4 is 11.6 Å². The fourth-order valence-electron chi connectivity index (χ4n) is 4.78. The van der Waals surface area contributed by atoms with Gasteiger partial charge in [-0.05, 0) is 45.3 Å². The summed E-state index contributed by atoms with van der Waals surface area (Å²) in [5.74, 6) is -0.0659. The normalized spacial score (nSPS) is 25.3. The molecule has 3 heterocycles. The number of rotatable bonds is 6. The van der Waals surface area contributed by atoms with Crippen LogP contribution in [0.1, 0.15) is 42.4 Å². The van der Waals surface area contributed by atoms with Gasteiger partial charge in [0.15, 0.2) is 5.60 Å². The van der Waals surface area contributed by atoms with E-state index in [-0.39, 0.29) is 11.5 Å². The van der Waals surface area contributed by atoms with E-state index in [1.54, 1.807) is 0 Å². The van der Waals surface area contributed by atoms with Gasteiger partial charge < -0.3 is 15.1 Å². The molecule has 2 saturated heterocycles. The predicted octanol–water partition coefficient (Wildman–Crippen LogP) is 2.24. The van der Waals surface area contributed by atoms with Crippen LogP contribution in [0.5, 0.6) is 0 Å². The third-order valence-electron chi connectivity index (χ3n) is 6.10. The Morgan fingerprint density at radius 2 is 1.89 bits per heavy atom. The van der Waals surface area contributed by atoms with E-state index in [4.69, 9.17) is 4.84 Å². The highest BCUT2D eigenvalue weighted by Crippen LogP contribution is 2.34. The number of hydrogen-bond acceptors (Lipinski definition) is 5. The molecule has 0 aliphatic carbocycles. The molecule has 4 rings (SSSR count). The Hall–Kier alpha value is -1.92. The zero-order chi connectivity index (χ0) is 19.6. The molecule has 1 atom stereocenters. The van der Waals surface area contributed by atoms with E-state index >= 15 is 0 Å². The first kappa shape index (κ1) is 19.4. The highest BCUT2D eigenvalue weighted by molar-refractivity contribution is 6.39. The number of aryl methyl sites for hydroxylation is 2. The van der Waals surface area contributed by atoms with Crippen LogP contribution in [0.3, 0.4) is 0 Å². The van der Waals surface area contributed by atoms with Gasteiger partial charge >= 0.3 is 0 Å². The molecule has 6 heteroatoms. The Bertz CT molecular complexity index is 737. The summed E-state index contributed by atoms with van der Waals surface area (Å²) < 4.78 is 0. The van der Waals surface area contributed by atoms with Crippen molar-refractivity contribution in [2.24, 2.45) is 5.16 Å². The van der Waals surface area contributed by atoms with Gasteiger partial charge in [0.1, 0.15) is 5.71 Å². The topological polar surface area (TPSA) is 57.2 Å². The number of benzene rings is 1. The molecule has 28 heavy (non-hydrogen) atoms. The predicted molar refractivity (Wildman–Crippen MR) is 110 cm³/mol. The van der Waals surface area contributed by atoms with Gasteiger partial charge in [0.25, 0.3) is 5.91 Å². The lowest BCUT2D eigenvalue weighted by Gasteiger charge is -2.22. The average Bonchev–Trinajstić information content (AvgIpc) is 3.37. The molecule has 1 spiro atoms. The molecule has 3 aliphatic heterocycles. The van der Waals surface area contributed by atoms with Crippen molar-refractivity contribution in [3.8, 4) is 0 Å². The van der Waals surface area contributed by atoms with E-state index in [9.17, 15) is 4.79 Å². The third kappa shape index (κ3) is 4.55. The number of nitrogens with zero attached hydrogens (tertiary/aromatic N) is 3. The molecule has 0 radical (unpaired) electrons. The second-order valence-corrected chi connectivity index (χ2v) is 8.75. The van der Waals surface area contributed by atoms with Gasteiger partial charge in [-0.3, -0.25) is 9.69 Å². The summed E-state index contributed by atoms with van der Waals surface area (Å²) in [6.07, 6.45) is 4.09. The monoisotopic (exact) mass is 384 g/mol. The molecule has 152 valence electrons. The molecule has 6 nitrogen and oxygen atoms in total. The smallest absolute Gasteiger partial charge is 0.269 e. The van der Waals surface area contributed by atoms with Crippen molar-refractivity contribution in [2.75, 3.05) is 39.3 Å². The van der Waals surface area contributed by atoms with Crippen LogP contribution in [-0.4, -0.2) is 66.3 Å². The summed E-state index contributed by atoms with van der Waals surface area (Å²) in [6, 6.07) is 6.71. The number of oxime groups is 1. The lowest BCUT2D eigenvalue weighted by Crippen LogP contribution is -2.39. The molecule has 1 aromatic rings. The average molecular weight is 385 g/mol. The van der Waals surface area contributed by atoms with Crippen molar-refractivity contribution in [1.82, 2.24) is 15.1 Å². The molecule has 0 bridgehead atoms. The van der Waals surface area contributed by atoms with E-state index < -0.39 is 0 Å². The fourth-order valence-corrected chi connectivity index (χ4v) is 4.78. The van der Waals surface area contributed by atoms with Crippen molar-refractivity contribution < 1.29 is 9.63 Å². The molecular weight excluding hydrogens is 352 g/mol. The van der Waals surface area contributed by atoms with E-state index in [1.807, 2.05) is 0 Å². The molecular formula is C22H32N4O2. The maximum atomic E-state index is 12.5. The van der Waals surface area contributed by atoms with E-state index in [1.165, 1.54) is 29.5 Å². The van der Waals surface area contributed by atoms with Crippen molar-refractivity contribution in [3.63, 3.8) is 0 Å². The fraction of sp³-hybridized carbons (Fsp3) is 0.636. The molecule has 2 fully saturated rings. The minimum atomic E-state index is -0.319. The quantitative estimate of drug-likeness (QED) is 0.817. The van der Waals surface area contributed by atoms with Crippen LogP contribution in [0.4, 0.5) is 0 Å². The number of nitrogens with one attached hydrogen (secondary N) is 1. The summed E-state index contributed by atoms with van der Waals surface area (Å²) >= 11 is 0. The highest BCUT2D eigenvalue weighted by Gasteiger charge is 2.46. The first-order valence-electron chi connectivity index (χ1n) is 10.6. The van der Waals surface area contributed by atoms with Gasteiger partial charge in [0.2, 0.25) is 0 Å². The number of amides is 1. The van der Waals surface area contributed by atoms with E-state index in [0.717, 1.165) is 45.7 Å². The summed E-state index contributed by atoms with van der Waals surface area (Å²) in [7, 11) is 0. The molecule has 1 amide bonds. The minimum absolute atomic E-state index is 0.0659. The van der Waals surface area contributed by atoms with Crippen LogP contribution in [0.25, 0.3) is 0 Å². The standard InChI is InChI=1S/C22H32N4O2/c1-17-11-18(2)13-19(12-17)15-26-9-5-22(16-26)14-20(24-28-22)21(27)23-6-10-25-7-3-4-8-25/h11-13H,3-10,14-16H2,1-2H3,(H,23,27). The second kappa shape index (κ2) is 8.21. The zero-order valence-electron chi connectivity index (χ0n) is 17.2. The van der Waals surface area contributed by atoms with Gasteiger partial charge in [-0.25, -0.2) is 0 Å². The second-order valence-electron chi connectivity index (χ2n) is 8.75. The summed E-state index contributed by atoms with van der Waals surface area (Å²) in [6.45, 7) is 10.9. The number of likely N-dealkylation sites (tertiary alicyclic amines) is 2. The van der Waals surface area contributed by atoms with Crippen molar-refractivity contribution in [3.05, 3.63) is 34.9 Å². The lowest BCUT2D eigenvalue weighted by atomic mass is 9.96. The van der Waals surface area contributed by atoms with Crippen LogP contribution in [0.2, 0.25) is 0 Å². The first-order chi connectivity index (χ1) is 13.5. The van der Waals surface area contributed by atoms with Crippen LogP contribution in [0, 0.1) is 13.8 Å². The molecule has 0 saturated carbocycles. The molecule has 3 aliphatic rings.